The Morgan fingerprint density at radius 2 is 2.20 bits per heavy atom. The first-order valence-corrected chi connectivity index (χ1v) is 9.51. The molecule has 0 aromatic heterocycles. The number of benzene rings is 1. The van der Waals surface area contributed by atoms with Crippen molar-refractivity contribution < 1.29 is 19.1 Å². The van der Waals surface area contributed by atoms with Gasteiger partial charge in [-0.25, -0.2) is 9.69 Å². The second kappa shape index (κ2) is 7.35. The fourth-order valence-corrected chi connectivity index (χ4v) is 3.66. The maximum atomic E-state index is 12.8. The summed E-state index contributed by atoms with van der Waals surface area (Å²) in [6.45, 7) is 0.458. The number of methoxy groups -OCH3 is 1. The van der Waals surface area contributed by atoms with E-state index in [0.29, 0.717) is 36.6 Å². The maximum Gasteiger partial charge on any atom is 0.332 e. The number of piperidine rings is 1. The normalized spacial score (nSPS) is 22.8. The summed E-state index contributed by atoms with van der Waals surface area (Å²) in [7, 11) is 1.54. The predicted molar refractivity (Wildman–Crippen MR) is 95.9 cm³/mol. The lowest BCUT2D eigenvalue weighted by atomic mass is 9.98. The average molecular weight is 363 g/mol. The number of thioether (sulfide) groups is 1. The first kappa shape index (κ1) is 17.6. The Balaban J connectivity index is 1.75. The molecule has 2 aliphatic rings. The van der Waals surface area contributed by atoms with Crippen molar-refractivity contribution in [3.63, 3.8) is 0 Å². The van der Waals surface area contributed by atoms with Gasteiger partial charge in [0.15, 0.2) is 0 Å². The summed E-state index contributed by atoms with van der Waals surface area (Å²) in [4.78, 5) is 40.1. The highest BCUT2D eigenvalue weighted by Crippen LogP contribution is 2.32. The van der Waals surface area contributed by atoms with Gasteiger partial charge in [-0.15, -0.1) is 0 Å². The molecule has 2 heterocycles. The summed E-state index contributed by atoms with van der Waals surface area (Å²) in [6.07, 6.45) is 2.97. The number of fused-ring (bicyclic) bond motifs is 1. The van der Waals surface area contributed by atoms with Gasteiger partial charge in [-0.05, 0) is 31.2 Å². The smallest absolute Gasteiger partial charge is 0.332 e. The van der Waals surface area contributed by atoms with Crippen LogP contribution >= 0.6 is 11.8 Å². The zero-order valence-electron chi connectivity index (χ0n) is 14.2. The predicted octanol–water partition coefficient (Wildman–Crippen LogP) is 1.47. The number of rotatable bonds is 5. The van der Waals surface area contributed by atoms with Crippen LogP contribution in [-0.2, 0) is 9.59 Å². The van der Waals surface area contributed by atoms with Crippen molar-refractivity contribution in [2.45, 2.75) is 24.9 Å². The number of carbonyl (C=O) groups excluding carboxylic acids is 3. The summed E-state index contributed by atoms with van der Waals surface area (Å²) in [5.41, 5.74) is 0.506. The first-order chi connectivity index (χ1) is 12.0. The molecule has 1 N–H and O–H groups in total. The van der Waals surface area contributed by atoms with Gasteiger partial charge in [0, 0.05) is 18.7 Å². The van der Waals surface area contributed by atoms with E-state index in [2.05, 4.69) is 5.32 Å². The van der Waals surface area contributed by atoms with Crippen molar-refractivity contribution in [1.29, 1.82) is 0 Å². The van der Waals surface area contributed by atoms with Gasteiger partial charge in [0.1, 0.15) is 11.8 Å². The van der Waals surface area contributed by atoms with E-state index < -0.39 is 6.04 Å². The lowest BCUT2D eigenvalue weighted by Crippen LogP contribution is -2.50. The van der Waals surface area contributed by atoms with Gasteiger partial charge in [0.25, 0.3) is 5.91 Å². The molecule has 2 atom stereocenters. The van der Waals surface area contributed by atoms with E-state index in [1.807, 2.05) is 6.26 Å². The Morgan fingerprint density at radius 1 is 1.40 bits per heavy atom. The number of hydrogen-bond donors (Lipinski definition) is 1. The first-order valence-electron chi connectivity index (χ1n) is 8.12. The van der Waals surface area contributed by atoms with Gasteiger partial charge in [0.2, 0.25) is 5.91 Å². The van der Waals surface area contributed by atoms with Gasteiger partial charge in [-0.3, -0.25) is 9.59 Å². The van der Waals surface area contributed by atoms with Crippen LogP contribution in [0.5, 0.6) is 5.75 Å². The topological polar surface area (TPSA) is 79.0 Å². The minimum atomic E-state index is -0.521. The molecule has 2 aliphatic heterocycles. The van der Waals surface area contributed by atoms with Crippen molar-refractivity contribution in [2.24, 2.45) is 0 Å². The molecule has 25 heavy (non-hydrogen) atoms. The van der Waals surface area contributed by atoms with Crippen molar-refractivity contribution in [2.75, 3.05) is 30.6 Å². The molecular weight excluding hydrogens is 342 g/mol. The highest BCUT2D eigenvalue weighted by Gasteiger charge is 2.48. The molecule has 3 rings (SSSR count). The second-order valence-electron chi connectivity index (χ2n) is 6.09. The van der Waals surface area contributed by atoms with E-state index in [4.69, 9.17) is 4.74 Å². The number of anilines is 1. The molecular formula is C17H21N3O4S. The quantitative estimate of drug-likeness (QED) is 0.802. The number of nitrogens with zero attached hydrogens (tertiary/aromatic N) is 2. The lowest BCUT2D eigenvalue weighted by Gasteiger charge is -2.32. The van der Waals surface area contributed by atoms with Crippen LogP contribution in [0.4, 0.5) is 10.5 Å². The van der Waals surface area contributed by atoms with Gasteiger partial charge >= 0.3 is 6.03 Å². The molecule has 8 heteroatoms. The second-order valence-corrected chi connectivity index (χ2v) is 6.95. The molecule has 0 bridgehead atoms. The SMILES string of the molecule is COc1cccc(N2C(=O)[C@H]3C[C@@H](NC(=O)CSC)CCN3C2=O)c1. The average Bonchev–Trinajstić information content (AvgIpc) is 2.86. The number of urea groups is 1. The number of ether oxygens (including phenoxy) is 1. The summed E-state index contributed by atoms with van der Waals surface area (Å²) in [5.74, 6) is 0.702. The largest absolute Gasteiger partial charge is 0.497 e. The third-order valence-electron chi connectivity index (χ3n) is 4.50. The van der Waals surface area contributed by atoms with Crippen molar-refractivity contribution >= 4 is 35.3 Å². The van der Waals surface area contributed by atoms with E-state index in [-0.39, 0.29) is 23.9 Å². The lowest BCUT2D eigenvalue weighted by molar-refractivity contribution is -0.123. The van der Waals surface area contributed by atoms with Crippen LogP contribution in [0.3, 0.4) is 0 Å². The zero-order chi connectivity index (χ0) is 18.0. The van der Waals surface area contributed by atoms with Crippen LogP contribution < -0.4 is 15.0 Å². The third-order valence-corrected chi connectivity index (χ3v) is 5.05. The number of imide groups is 1. The number of nitrogens with one attached hydrogen (secondary N) is 1. The van der Waals surface area contributed by atoms with Crippen LogP contribution in [0.2, 0.25) is 0 Å². The van der Waals surface area contributed by atoms with Gasteiger partial charge in [-0.2, -0.15) is 11.8 Å². The molecule has 2 saturated heterocycles. The van der Waals surface area contributed by atoms with Gasteiger partial charge in [-0.1, -0.05) is 6.07 Å². The molecule has 0 radical (unpaired) electrons. The Kier molecular flexibility index (Phi) is 5.17. The highest BCUT2D eigenvalue weighted by atomic mass is 32.2. The fourth-order valence-electron chi connectivity index (χ4n) is 3.32. The number of hydrogen-bond acceptors (Lipinski definition) is 5. The summed E-state index contributed by atoms with van der Waals surface area (Å²) >= 11 is 1.46. The van der Waals surface area contributed by atoms with Crippen molar-refractivity contribution in [3.05, 3.63) is 24.3 Å². The van der Waals surface area contributed by atoms with Crippen LogP contribution in [0.25, 0.3) is 0 Å². The molecule has 134 valence electrons. The fraction of sp³-hybridized carbons (Fsp3) is 0.471. The third kappa shape index (κ3) is 3.44. The summed E-state index contributed by atoms with van der Waals surface area (Å²) in [5, 5.41) is 2.95. The molecule has 4 amide bonds. The standard InChI is InChI=1S/C17H21N3O4S/c1-24-13-5-3-4-12(9-13)20-16(22)14-8-11(18-15(21)10-25-2)6-7-19(14)17(20)23/h3-5,9,11,14H,6-8,10H2,1-2H3,(H,18,21)/t11-,14+/m0/s1. The Labute approximate surface area is 150 Å². The van der Waals surface area contributed by atoms with Crippen LogP contribution in [0, 0.1) is 0 Å². The minimum Gasteiger partial charge on any atom is -0.497 e. The minimum absolute atomic E-state index is 0.0348. The van der Waals surface area contributed by atoms with Crippen molar-refractivity contribution in [1.82, 2.24) is 10.2 Å². The molecule has 0 aliphatic carbocycles. The number of carbonyl (C=O) groups is 3. The Bertz CT molecular complexity index is 696. The molecule has 2 fully saturated rings. The van der Waals surface area contributed by atoms with E-state index >= 15 is 0 Å². The van der Waals surface area contributed by atoms with Crippen LogP contribution in [0.15, 0.2) is 24.3 Å². The summed E-state index contributed by atoms with van der Waals surface area (Å²) in [6, 6.07) is 5.99. The Hall–Kier alpha value is -2.22. The molecule has 0 saturated carbocycles. The Morgan fingerprint density at radius 3 is 2.92 bits per heavy atom. The highest BCUT2D eigenvalue weighted by molar-refractivity contribution is 7.99. The van der Waals surface area contributed by atoms with E-state index in [0.717, 1.165) is 0 Å². The van der Waals surface area contributed by atoms with Gasteiger partial charge < -0.3 is 15.0 Å². The maximum absolute atomic E-state index is 12.8. The molecule has 7 nitrogen and oxygen atoms in total. The van der Waals surface area contributed by atoms with Crippen LogP contribution in [0.1, 0.15) is 12.8 Å². The molecule has 1 aromatic carbocycles. The van der Waals surface area contributed by atoms with E-state index in [1.54, 1.807) is 29.2 Å². The van der Waals surface area contributed by atoms with Gasteiger partial charge in [0.05, 0.1) is 18.6 Å². The van der Waals surface area contributed by atoms with Crippen LogP contribution in [-0.4, -0.2) is 60.5 Å². The van der Waals surface area contributed by atoms with Crippen molar-refractivity contribution in [3.8, 4) is 5.75 Å². The summed E-state index contributed by atoms with van der Waals surface area (Å²) < 4.78 is 5.18. The van der Waals surface area contributed by atoms with E-state index in [1.165, 1.54) is 23.8 Å². The molecule has 0 unspecified atom stereocenters. The van der Waals surface area contributed by atoms with E-state index in [9.17, 15) is 14.4 Å². The molecule has 0 spiro atoms. The number of amides is 4. The molecule has 1 aromatic rings. The monoisotopic (exact) mass is 363 g/mol. The zero-order valence-corrected chi connectivity index (χ0v) is 15.0.